The minimum absolute atomic E-state index is 0.0215. The van der Waals surface area contributed by atoms with Crippen LogP contribution in [0.25, 0.3) is 10.9 Å². The minimum atomic E-state index is -3.65. The number of nitrogens with zero attached hydrogens (tertiary/aromatic N) is 2. The Morgan fingerprint density at radius 2 is 1.77 bits per heavy atom. The lowest BCUT2D eigenvalue weighted by molar-refractivity contribution is -0.126. The highest BCUT2D eigenvalue weighted by atomic mass is 32.2. The number of fused-ring (bicyclic) bond motifs is 1. The van der Waals surface area contributed by atoms with Crippen LogP contribution in [-0.2, 0) is 21.4 Å². The Balaban J connectivity index is 1.28. The maximum absolute atomic E-state index is 12.9. The highest BCUT2D eigenvalue weighted by Crippen LogP contribution is 2.29. The van der Waals surface area contributed by atoms with E-state index in [1.165, 1.54) is 0 Å². The van der Waals surface area contributed by atoms with Gasteiger partial charge in [-0.1, -0.05) is 24.3 Å². The Hall–Kier alpha value is -2.84. The van der Waals surface area contributed by atoms with Crippen molar-refractivity contribution in [2.24, 2.45) is 11.8 Å². The van der Waals surface area contributed by atoms with Crippen LogP contribution in [0.2, 0.25) is 0 Å². The molecule has 1 aliphatic rings. The van der Waals surface area contributed by atoms with Gasteiger partial charge < -0.3 is 5.32 Å². The van der Waals surface area contributed by atoms with Gasteiger partial charge in [-0.3, -0.25) is 14.8 Å². The zero-order valence-electron chi connectivity index (χ0n) is 17.2. The van der Waals surface area contributed by atoms with Crippen LogP contribution < -0.4 is 10.0 Å². The van der Waals surface area contributed by atoms with E-state index in [1.54, 1.807) is 36.8 Å². The number of hydrogen-bond acceptors (Lipinski definition) is 5. The van der Waals surface area contributed by atoms with Gasteiger partial charge in [0.15, 0.2) is 0 Å². The van der Waals surface area contributed by atoms with Gasteiger partial charge in [0, 0.05) is 43.0 Å². The molecule has 0 saturated heterocycles. The summed E-state index contributed by atoms with van der Waals surface area (Å²) in [7, 11) is -3.65. The maximum atomic E-state index is 12.9. The van der Waals surface area contributed by atoms with Crippen LogP contribution in [0.15, 0.2) is 66.0 Å². The quantitative estimate of drug-likeness (QED) is 0.590. The predicted octanol–water partition coefficient (Wildman–Crippen LogP) is 3.03. The van der Waals surface area contributed by atoms with Crippen LogP contribution >= 0.6 is 0 Å². The molecule has 1 aliphatic carbocycles. The smallest absolute Gasteiger partial charge is 0.242 e. The summed E-state index contributed by atoms with van der Waals surface area (Å²) in [6.07, 6.45) is 8.22. The van der Waals surface area contributed by atoms with E-state index in [-0.39, 0.29) is 22.6 Å². The summed E-state index contributed by atoms with van der Waals surface area (Å²) in [5.41, 5.74) is 1.45. The van der Waals surface area contributed by atoms with Crippen molar-refractivity contribution in [3.05, 3.63) is 66.6 Å². The molecule has 0 radical (unpaired) electrons. The number of benzene rings is 1. The third-order valence-corrected chi connectivity index (χ3v) is 7.31. The third-order valence-electron chi connectivity index (χ3n) is 5.85. The van der Waals surface area contributed by atoms with E-state index in [1.807, 2.05) is 24.3 Å². The second-order valence-electron chi connectivity index (χ2n) is 7.98. The summed E-state index contributed by atoms with van der Waals surface area (Å²) in [5.74, 6) is 0.261. The molecule has 0 spiro atoms. The van der Waals surface area contributed by atoms with E-state index in [9.17, 15) is 13.2 Å². The first-order chi connectivity index (χ1) is 15.0. The second kappa shape index (κ2) is 9.53. The number of carbonyl (C=O) groups is 1. The molecule has 1 aromatic carbocycles. The van der Waals surface area contributed by atoms with Gasteiger partial charge >= 0.3 is 0 Å². The lowest BCUT2D eigenvalue weighted by atomic mass is 9.81. The van der Waals surface area contributed by atoms with Gasteiger partial charge in [0.2, 0.25) is 15.9 Å². The molecule has 31 heavy (non-hydrogen) atoms. The number of para-hydroxylation sites is 1. The lowest BCUT2D eigenvalue weighted by Crippen LogP contribution is -2.36. The summed E-state index contributed by atoms with van der Waals surface area (Å²) < 4.78 is 28.5. The van der Waals surface area contributed by atoms with Gasteiger partial charge in [-0.15, -0.1) is 0 Å². The van der Waals surface area contributed by atoms with Crippen LogP contribution in [0.4, 0.5) is 0 Å². The van der Waals surface area contributed by atoms with E-state index in [0.717, 1.165) is 36.6 Å². The highest BCUT2D eigenvalue weighted by molar-refractivity contribution is 7.89. The third kappa shape index (κ3) is 5.26. The average molecular weight is 439 g/mol. The number of carbonyl (C=O) groups excluding carboxylic acids is 1. The molecule has 0 aliphatic heterocycles. The first-order valence-corrected chi connectivity index (χ1v) is 12.0. The van der Waals surface area contributed by atoms with Crippen LogP contribution in [0.3, 0.4) is 0 Å². The van der Waals surface area contributed by atoms with Crippen molar-refractivity contribution in [2.45, 2.75) is 37.1 Å². The zero-order valence-corrected chi connectivity index (χ0v) is 18.0. The largest absolute Gasteiger partial charge is 0.352 e. The topological polar surface area (TPSA) is 101 Å². The van der Waals surface area contributed by atoms with Crippen molar-refractivity contribution in [3.63, 3.8) is 0 Å². The lowest BCUT2D eigenvalue weighted by Gasteiger charge is -2.28. The van der Waals surface area contributed by atoms with E-state index in [4.69, 9.17) is 0 Å². The first kappa shape index (κ1) is 21.4. The molecular weight excluding hydrogens is 412 g/mol. The molecule has 2 heterocycles. The summed E-state index contributed by atoms with van der Waals surface area (Å²) in [6, 6.07) is 12.6. The Kier molecular flexibility index (Phi) is 6.58. The molecule has 0 atom stereocenters. The van der Waals surface area contributed by atoms with Gasteiger partial charge in [0.25, 0.3) is 0 Å². The van der Waals surface area contributed by atoms with Crippen molar-refractivity contribution >= 4 is 26.8 Å². The molecule has 162 valence electrons. The summed E-state index contributed by atoms with van der Waals surface area (Å²) in [6.45, 7) is 0.848. The zero-order chi connectivity index (χ0) is 21.7. The molecule has 0 unspecified atom stereocenters. The van der Waals surface area contributed by atoms with Gasteiger partial charge in [-0.05, 0) is 55.4 Å². The van der Waals surface area contributed by atoms with Crippen molar-refractivity contribution < 1.29 is 13.2 Å². The van der Waals surface area contributed by atoms with Gasteiger partial charge in [0.05, 0.1) is 5.52 Å². The monoisotopic (exact) mass is 438 g/mol. The normalized spacial score (nSPS) is 19.2. The molecule has 2 N–H and O–H groups in total. The molecule has 1 amide bonds. The van der Waals surface area contributed by atoms with Gasteiger partial charge in [0.1, 0.15) is 4.90 Å². The fourth-order valence-corrected chi connectivity index (χ4v) is 5.36. The number of amides is 1. The number of pyridine rings is 2. The van der Waals surface area contributed by atoms with Crippen LogP contribution in [0.5, 0.6) is 0 Å². The van der Waals surface area contributed by atoms with Gasteiger partial charge in [-0.2, -0.15) is 0 Å². The fraction of sp³-hybridized carbons (Fsp3) is 0.348. The van der Waals surface area contributed by atoms with Crippen molar-refractivity contribution in [1.29, 1.82) is 0 Å². The van der Waals surface area contributed by atoms with Crippen LogP contribution in [-0.4, -0.2) is 30.8 Å². The molecule has 2 aromatic heterocycles. The molecule has 0 bridgehead atoms. The molecular formula is C23H26N4O3S. The first-order valence-electron chi connectivity index (χ1n) is 10.5. The minimum Gasteiger partial charge on any atom is -0.352 e. The Bertz CT molecular complexity index is 1140. The molecule has 3 aromatic rings. The van der Waals surface area contributed by atoms with E-state index in [2.05, 4.69) is 20.0 Å². The number of hydrogen-bond donors (Lipinski definition) is 2. The molecule has 8 heteroatoms. The van der Waals surface area contributed by atoms with Crippen molar-refractivity contribution in [3.8, 4) is 0 Å². The molecule has 7 nitrogen and oxygen atoms in total. The Morgan fingerprint density at radius 1 is 1.00 bits per heavy atom. The Labute approximate surface area is 182 Å². The number of rotatable bonds is 7. The highest BCUT2D eigenvalue weighted by Gasteiger charge is 2.27. The second-order valence-corrected chi connectivity index (χ2v) is 9.72. The van der Waals surface area contributed by atoms with Crippen molar-refractivity contribution in [2.75, 3.05) is 6.54 Å². The maximum Gasteiger partial charge on any atom is 0.242 e. The van der Waals surface area contributed by atoms with Gasteiger partial charge in [-0.25, -0.2) is 13.1 Å². The molecule has 1 saturated carbocycles. The van der Waals surface area contributed by atoms with E-state index < -0.39 is 10.0 Å². The average Bonchev–Trinajstić information content (AvgIpc) is 2.82. The van der Waals surface area contributed by atoms with Crippen molar-refractivity contribution in [1.82, 2.24) is 20.0 Å². The standard InChI is InChI=1S/C23H26N4O3S/c28-23(26-15-18-4-2-12-24-14-18)20-10-8-17(9-11-20)16-27-31(29,30)21-7-1-5-19-6-3-13-25-22(19)21/h1-7,12-14,17,20,27H,8-11,15-16H2,(H,26,28). The summed E-state index contributed by atoms with van der Waals surface area (Å²) >= 11 is 0. The molecule has 1 fully saturated rings. The number of aromatic nitrogens is 2. The summed E-state index contributed by atoms with van der Waals surface area (Å²) in [5, 5.41) is 3.78. The SMILES string of the molecule is O=C(NCc1cccnc1)C1CCC(CNS(=O)(=O)c2cccc3cccnc23)CC1. The van der Waals surface area contributed by atoms with Crippen LogP contribution in [0.1, 0.15) is 31.2 Å². The predicted molar refractivity (Wildman–Crippen MR) is 118 cm³/mol. The Morgan fingerprint density at radius 3 is 2.55 bits per heavy atom. The van der Waals surface area contributed by atoms with E-state index in [0.29, 0.717) is 18.6 Å². The molecule has 4 rings (SSSR count). The van der Waals surface area contributed by atoms with E-state index >= 15 is 0 Å². The number of nitrogens with one attached hydrogen (secondary N) is 2. The fourth-order valence-electron chi connectivity index (χ4n) is 4.06. The number of sulfonamides is 1. The summed E-state index contributed by atoms with van der Waals surface area (Å²) in [4.78, 5) is 21.0. The van der Waals surface area contributed by atoms with Crippen LogP contribution in [0, 0.1) is 11.8 Å².